The summed E-state index contributed by atoms with van der Waals surface area (Å²) in [6.45, 7) is 4.26. The Labute approximate surface area is 113 Å². The second kappa shape index (κ2) is 6.62. The number of rotatable bonds is 5. The Morgan fingerprint density at radius 3 is 2.88 bits per heavy atom. The van der Waals surface area contributed by atoms with E-state index in [0.29, 0.717) is 19.4 Å². The Bertz CT molecular complexity index is 345. The summed E-state index contributed by atoms with van der Waals surface area (Å²) in [4.78, 5) is 13.5. The van der Waals surface area contributed by atoms with Crippen molar-refractivity contribution in [2.45, 2.75) is 32.1 Å². The third kappa shape index (κ3) is 4.07. The maximum Gasteiger partial charge on any atom is 0.305 e. The second-order valence-corrected chi connectivity index (χ2v) is 6.03. The van der Waals surface area contributed by atoms with Crippen LogP contribution in [0.25, 0.3) is 0 Å². The first-order valence-electron chi connectivity index (χ1n) is 5.10. The van der Waals surface area contributed by atoms with Crippen LogP contribution in [0.2, 0.25) is 0 Å². The molecule has 5 heteroatoms. The normalized spacial score (nSPS) is 12.5. The van der Waals surface area contributed by atoms with Crippen LogP contribution in [0.4, 0.5) is 0 Å². The van der Waals surface area contributed by atoms with E-state index in [2.05, 4.69) is 15.9 Å². The molecule has 0 N–H and O–H groups in total. The molecule has 2 nitrogen and oxygen atoms in total. The third-order valence-corrected chi connectivity index (χ3v) is 4.93. The summed E-state index contributed by atoms with van der Waals surface area (Å²) in [5.74, 6) is -0.180. The minimum Gasteiger partial charge on any atom is -0.466 e. The van der Waals surface area contributed by atoms with Gasteiger partial charge >= 0.3 is 5.97 Å². The van der Waals surface area contributed by atoms with Gasteiger partial charge in [-0.05, 0) is 42.3 Å². The van der Waals surface area contributed by atoms with Crippen LogP contribution in [0, 0.1) is 6.92 Å². The highest BCUT2D eigenvalue weighted by Gasteiger charge is 2.14. The number of aryl methyl sites for hydroxylation is 1. The molecule has 16 heavy (non-hydrogen) atoms. The second-order valence-electron chi connectivity index (χ2n) is 3.36. The zero-order valence-corrected chi connectivity index (χ0v) is 12.4. The fourth-order valence-electron chi connectivity index (χ4n) is 1.26. The molecular formula is C11H14BrClO2S. The molecule has 1 unspecified atom stereocenters. The first kappa shape index (κ1) is 14.0. The van der Waals surface area contributed by atoms with Crippen LogP contribution in [0.1, 0.15) is 34.9 Å². The first-order valence-corrected chi connectivity index (χ1v) is 7.14. The lowest BCUT2D eigenvalue weighted by Gasteiger charge is -2.06. The molecule has 0 saturated heterocycles. The Morgan fingerprint density at radius 2 is 2.38 bits per heavy atom. The molecular weight excluding hydrogens is 312 g/mol. The zero-order chi connectivity index (χ0) is 12.1. The van der Waals surface area contributed by atoms with Gasteiger partial charge in [-0.15, -0.1) is 22.9 Å². The van der Waals surface area contributed by atoms with Crippen LogP contribution in [0.15, 0.2) is 10.5 Å². The van der Waals surface area contributed by atoms with Crippen molar-refractivity contribution in [3.05, 3.63) is 20.3 Å². The number of carbonyl (C=O) groups excluding carboxylic acids is 1. The summed E-state index contributed by atoms with van der Waals surface area (Å²) < 4.78 is 5.93. The summed E-state index contributed by atoms with van der Waals surface area (Å²) in [7, 11) is 0. The van der Waals surface area contributed by atoms with Gasteiger partial charge in [0.1, 0.15) is 0 Å². The number of esters is 1. The molecule has 0 aliphatic heterocycles. The van der Waals surface area contributed by atoms with E-state index in [4.69, 9.17) is 16.3 Å². The summed E-state index contributed by atoms with van der Waals surface area (Å²) in [6, 6.07) is 2.02. The first-order chi connectivity index (χ1) is 7.54. The third-order valence-electron chi connectivity index (χ3n) is 2.09. The standard InChI is InChI=1S/C11H14BrClO2S/c1-3-15-11(14)5-4-9(13)10-6-8(12)7(2)16-10/h6,9H,3-5H2,1-2H3. The smallest absolute Gasteiger partial charge is 0.305 e. The molecule has 0 amide bonds. The molecule has 0 bridgehead atoms. The predicted molar refractivity (Wildman–Crippen MR) is 71.2 cm³/mol. The van der Waals surface area contributed by atoms with E-state index in [-0.39, 0.29) is 11.3 Å². The Balaban J connectivity index is 2.46. The van der Waals surface area contributed by atoms with Crippen LogP contribution in [0.3, 0.4) is 0 Å². The van der Waals surface area contributed by atoms with Gasteiger partial charge in [-0.2, -0.15) is 0 Å². The quantitative estimate of drug-likeness (QED) is 0.591. The maximum absolute atomic E-state index is 11.2. The summed E-state index contributed by atoms with van der Waals surface area (Å²) in [6.07, 6.45) is 0.989. The van der Waals surface area contributed by atoms with Crippen LogP contribution in [-0.2, 0) is 9.53 Å². The zero-order valence-electron chi connectivity index (χ0n) is 9.26. The molecule has 0 aliphatic carbocycles. The Morgan fingerprint density at radius 1 is 1.69 bits per heavy atom. The lowest BCUT2D eigenvalue weighted by molar-refractivity contribution is -0.143. The van der Waals surface area contributed by atoms with Crippen LogP contribution in [0.5, 0.6) is 0 Å². The minimum atomic E-state index is -0.180. The van der Waals surface area contributed by atoms with Crippen molar-refractivity contribution in [3.63, 3.8) is 0 Å². The Kier molecular flexibility index (Phi) is 5.79. The van der Waals surface area contributed by atoms with Crippen molar-refractivity contribution >= 4 is 44.8 Å². The molecule has 1 aromatic heterocycles. The molecule has 1 aromatic rings. The van der Waals surface area contributed by atoms with E-state index in [9.17, 15) is 4.79 Å². The van der Waals surface area contributed by atoms with Gasteiger partial charge in [0.05, 0.1) is 12.0 Å². The van der Waals surface area contributed by atoms with E-state index < -0.39 is 0 Å². The number of hydrogen-bond donors (Lipinski definition) is 0. The number of ether oxygens (including phenoxy) is 1. The highest BCUT2D eigenvalue weighted by Crippen LogP contribution is 2.35. The minimum absolute atomic E-state index is 0.112. The van der Waals surface area contributed by atoms with E-state index in [0.717, 1.165) is 9.35 Å². The summed E-state index contributed by atoms with van der Waals surface area (Å²) in [5, 5.41) is -0.112. The predicted octanol–water partition coefficient (Wildman–Crippen LogP) is 4.44. The molecule has 90 valence electrons. The van der Waals surface area contributed by atoms with Crippen LogP contribution >= 0.6 is 38.9 Å². The summed E-state index contributed by atoms with van der Waals surface area (Å²) in [5.41, 5.74) is 0. The topological polar surface area (TPSA) is 26.3 Å². The molecule has 0 fully saturated rings. The average molecular weight is 326 g/mol. The SMILES string of the molecule is CCOC(=O)CCC(Cl)c1cc(Br)c(C)s1. The molecule has 0 spiro atoms. The van der Waals surface area contributed by atoms with E-state index >= 15 is 0 Å². The number of thiophene rings is 1. The van der Waals surface area contributed by atoms with Crippen LogP contribution in [-0.4, -0.2) is 12.6 Å². The maximum atomic E-state index is 11.2. The van der Waals surface area contributed by atoms with Gasteiger partial charge in [-0.1, -0.05) is 0 Å². The highest BCUT2D eigenvalue weighted by molar-refractivity contribution is 9.10. The van der Waals surface area contributed by atoms with Crippen molar-refractivity contribution in [1.29, 1.82) is 0 Å². The largest absolute Gasteiger partial charge is 0.466 e. The van der Waals surface area contributed by atoms with Gasteiger partial charge in [0.2, 0.25) is 0 Å². The molecule has 0 aromatic carbocycles. The van der Waals surface area contributed by atoms with Crippen molar-refractivity contribution < 1.29 is 9.53 Å². The van der Waals surface area contributed by atoms with E-state index in [1.165, 1.54) is 4.88 Å². The number of carbonyl (C=O) groups is 1. The van der Waals surface area contributed by atoms with Crippen molar-refractivity contribution in [2.75, 3.05) is 6.61 Å². The molecule has 0 radical (unpaired) electrons. The molecule has 1 heterocycles. The number of hydrogen-bond acceptors (Lipinski definition) is 3. The highest BCUT2D eigenvalue weighted by atomic mass is 79.9. The number of alkyl halides is 1. The van der Waals surface area contributed by atoms with Crippen molar-refractivity contribution in [1.82, 2.24) is 0 Å². The molecule has 1 rings (SSSR count). The van der Waals surface area contributed by atoms with Crippen molar-refractivity contribution in [3.8, 4) is 0 Å². The van der Waals surface area contributed by atoms with E-state index in [1.54, 1.807) is 18.3 Å². The summed E-state index contributed by atoms with van der Waals surface area (Å²) >= 11 is 11.3. The van der Waals surface area contributed by atoms with Crippen LogP contribution < -0.4 is 0 Å². The van der Waals surface area contributed by atoms with E-state index in [1.807, 2.05) is 13.0 Å². The molecule has 0 aliphatic rings. The fourth-order valence-corrected chi connectivity index (χ4v) is 3.14. The average Bonchev–Trinajstić information content (AvgIpc) is 2.56. The lowest BCUT2D eigenvalue weighted by Crippen LogP contribution is -2.04. The van der Waals surface area contributed by atoms with Gasteiger partial charge in [0.25, 0.3) is 0 Å². The Hall–Kier alpha value is -0.0600. The molecule has 0 saturated carbocycles. The lowest BCUT2D eigenvalue weighted by atomic mass is 10.2. The van der Waals surface area contributed by atoms with Gasteiger partial charge in [0, 0.05) is 20.6 Å². The molecule has 1 atom stereocenters. The van der Waals surface area contributed by atoms with Gasteiger partial charge in [-0.25, -0.2) is 0 Å². The van der Waals surface area contributed by atoms with Gasteiger partial charge in [-0.3, -0.25) is 4.79 Å². The van der Waals surface area contributed by atoms with Gasteiger partial charge < -0.3 is 4.74 Å². The fraction of sp³-hybridized carbons (Fsp3) is 0.545. The monoisotopic (exact) mass is 324 g/mol. The number of halogens is 2. The van der Waals surface area contributed by atoms with Gasteiger partial charge in [0.15, 0.2) is 0 Å². The van der Waals surface area contributed by atoms with Crippen molar-refractivity contribution in [2.24, 2.45) is 0 Å².